The van der Waals surface area contributed by atoms with Crippen molar-refractivity contribution in [1.29, 1.82) is 0 Å². The van der Waals surface area contributed by atoms with Gasteiger partial charge in [-0.25, -0.2) is 14.5 Å². The van der Waals surface area contributed by atoms with Crippen LogP contribution in [-0.2, 0) is 12.6 Å². The van der Waals surface area contributed by atoms with Crippen LogP contribution in [0.1, 0.15) is 36.0 Å². The van der Waals surface area contributed by atoms with Crippen molar-refractivity contribution in [1.82, 2.24) is 24.6 Å². The molecule has 170 valence electrons. The van der Waals surface area contributed by atoms with E-state index in [0.717, 1.165) is 4.68 Å². The number of hydrogen-bond donors (Lipinski definition) is 2. The first-order valence-corrected chi connectivity index (χ1v) is 9.87. The van der Waals surface area contributed by atoms with Gasteiger partial charge >= 0.3 is 12.3 Å². The summed E-state index contributed by atoms with van der Waals surface area (Å²) in [6.45, 7) is 0.305. The normalized spacial score (nSPS) is 15.3. The van der Waals surface area contributed by atoms with Crippen LogP contribution in [0, 0.1) is 0 Å². The smallest absolute Gasteiger partial charge is 0.436 e. The summed E-state index contributed by atoms with van der Waals surface area (Å²) in [6.07, 6.45) is -5.27. The Bertz CT molecular complexity index is 1210. The van der Waals surface area contributed by atoms with Crippen LogP contribution < -0.4 is 10.3 Å². The van der Waals surface area contributed by atoms with Gasteiger partial charge in [-0.2, -0.15) is 18.3 Å². The molecule has 3 heterocycles. The van der Waals surface area contributed by atoms with Gasteiger partial charge in [-0.3, -0.25) is 4.79 Å². The third kappa shape index (κ3) is 3.99. The number of rotatable bonds is 4. The maximum Gasteiger partial charge on any atom is 0.436 e. The molecule has 0 atom stereocenters. The number of methoxy groups -OCH3 is 1. The van der Waals surface area contributed by atoms with Crippen LogP contribution in [-0.4, -0.2) is 56.0 Å². The fraction of sp³-hybridized carbons (Fsp3) is 0.400. The van der Waals surface area contributed by atoms with Crippen molar-refractivity contribution in [3.05, 3.63) is 51.7 Å². The first-order valence-electron chi connectivity index (χ1n) is 9.87. The summed E-state index contributed by atoms with van der Waals surface area (Å²) in [5, 5.41) is 12.2. The molecule has 3 aromatic rings. The van der Waals surface area contributed by atoms with Crippen LogP contribution in [0.25, 0.3) is 11.0 Å². The van der Waals surface area contributed by atoms with Gasteiger partial charge in [0.15, 0.2) is 11.3 Å². The molecule has 32 heavy (non-hydrogen) atoms. The second-order valence-corrected chi connectivity index (χ2v) is 7.49. The summed E-state index contributed by atoms with van der Waals surface area (Å²) >= 11 is 0. The summed E-state index contributed by atoms with van der Waals surface area (Å²) < 4.78 is 47.3. The number of aromatic amines is 1. The van der Waals surface area contributed by atoms with Crippen LogP contribution in [0.5, 0.6) is 5.75 Å². The Kier molecular flexibility index (Phi) is 5.53. The summed E-state index contributed by atoms with van der Waals surface area (Å²) in [5.74, 6) is 0.727. The Balaban J connectivity index is 1.79. The quantitative estimate of drug-likeness (QED) is 0.631. The number of piperidine rings is 1. The van der Waals surface area contributed by atoms with Gasteiger partial charge in [-0.15, -0.1) is 0 Å². The topological polar surface area (TPSA) is 113 Å². The summed E-state index contributed by atoms with van der Waals surface area (Å²) in [4.78, 5) is 31.8. The number of alkyl halides is 3. The molecule has 0 spiro atoms. The number of aromatic nitrogens is 4. The largest absolute Gasteiger partial charge is 0.496 e. The van der Waals surface area contributed by atoms with E-state index in [1.54, 1.807) is 24.3 Å². The highest BCUT2D eigenvalue weighted by Gasteiger charge is 2.40. The Hall–Kier alpha value is -3.57. The Morgan fingerprint density at radius 1 is 1.28 bits per heavy atom. The zero-order valence-corrected chi connectivity index (χ0v) is 17.0. The molecule has 0 saturated carbocycles. The molecular formula is C20H20F3N5O4. The average molecular weight is 451 g/mol. The Labute approximate surface area is 179 Å². The van der Waals surface area contributed by atoms with Gasteiger partial charge in [0, 0.05) is 25.1 Å². The van der Waals surface area contributed by atoms with Gasteiger partial charge in [0.2, 0.25) is 0 Å². The number of hydrogen-bond acceptors (Lipinski definition) is 5. The summed E-state index contributed by atoms with van der Waals surface area (Å²) in [6, 6.07) is 6.53. The van der Waals surface area contributed by atoms with Crippen molar-refractivity contribution in [3.8, 4) is 5.75 Å². The number of carbonyl (C=O) groups is 1. The summed E-state index contributed by atoms with van der Waals surface area (Å²) in [5.41, 5.74) is -1.69. The molecule has 0 bridgehead atoms. The number of H-pyrrole nitrogens is 1. The number of para-hydroxylation sites is 1. The highest BCUT2D eigenvalue weighted by atomic mass is 19.4. The van der Waals surface area contributed by atoms with Crippen LogP contribution >= 0.6 is 0 Å². The maximum atomic E-state index is 13.6. The van der Waals surface area contributed by atoms with Crippen LogP contribution in [0.3, 0.4) is 0 Å². The molecule has 9 nitrogen and oxygen atoms in total. The van der Waals surface area contributed by atoms with Gasteiger partial charge in [0.05, 0.1) is 13.2 Å². The number of likely N-dealkylation sites (tertiary alicyclic amines) is 1. The second-order valence-electron chi connectivity index (χ2n) is 7.49. The lowest BCUT2D eigenvalue weighted by Crippen LogP contribution is -2.38. The minimum Gasteiger partial charge on any atom is -0.496 e. The van der Waals surface area contributed by atoms with E-state index in [1.807, 2.05) is 0 Å². The molecule has 2 N–H and O–H groups in total. The lowest BCUT2D eigenvalue weighted by Gasteiger charge is -2.30. The predicted octanol–water partition coefficient (Wildman–Crippen LogP) is 3.05. The number of ether oxygens (including phenoxy) is 1. The first kappa shape index (κ1) is 21.7. The van der Waals surface area contributed by atoms with Crippen LogP contribution in [0.4, 0.5) is 18.0 Å². The fourth-order valence-corrected chi connectivity index (χ4v) is 3.96. The molecule has 1 aromatic carbocycles. The lowest BCUT2D eigenvalue weighted by atomic mass is 10.1. The van der Waals surface area contributed by atoms with E-state index in [4.69, 9.17) is 9.84 Å². The van der Waals surface area contributed by atoms with Gasteiger partial charge < -0.3 is 19.7 Å². The van der Waals surface area contributed by atoms with Crippen molar-refractivity contribution in [3.63, 3.8) is 0 Å². The number of fused-ring (bicyclic) bond motifs is 1. The van der Waals surface area contributed by atoms with E-state index in [2.05, 4.69) is 15.1 Å². The fourth-order valence-electron chi connectivity index (χ4n) is 3.96. The van der Waals surface area contributed by atoms with Crippen molar-refractivity contribution in [2.75, 3.05) is 20.2 Å². The van der Waals surface area contributed by atoms with Crippen LogP contribution in [0.15, 0.2) is 29.1 Å². The minimum absolute atomic E-state index is 0.138. The Morgan fingerprint density at radius 3 is 2.59 bits per heavy atom. The molecule has 1 aliphatic rings. The molecule has 0 aliphatic carbocycles. The van der Waals surface area contributed by atoms with Crippen molar-refractivity contribution >= 4 is 17.1 Å². The predicted molar refractivity (Wildman–Crippen MR) is 107 cm³/mol. The highest BCUT2D eigenvalue weighted by molar-refractivity contribution is 5.78. The zero-order chi connectivity index (χ0) is 23.0. The molecule has 1 saturated heterocycles. The third-order valence-electron chi connectivity index (χ3n) is 5.51. The number of nitrogens with zero attached hydrogens (tertiary/aromatic N) is 4. The molecule has 2 aromatic heterocycles. The van der Waals surface area contributed by atoms with Crippen molar-refractivity contribution in [2.24, 2.45) is 0 Å². The van der Waals surface area contributed by atoms with Gasteiger partial charge in [-0.05, 0) is 18.9 Å². The molecule has 1 amide bonds. The maximum absolute atomic E-state index is 13.6. The minimum atomic E-state index is -4.84. The number of carboxylic acid groups (broad SMARTS) is 1. The van der Waals surface area contributed by atoms with E-state index in [0.29, 0.717) is 11.3 Å². The number of halogens is 3. The standard InChI is InChI=1S/C20H20F3N5O4/c1-32-13-5-3-2-4-11(13)10-14-24-17-15(18(29)25-14)16(20(21,22)23)26-28(17)12-6-8-27(9-7-12)19(30)31/h2-5,12H,6-10H2,1H3,(H,30,31)(H,24,25,29). The van der Waals surface area contributed by atoms with Crippen molar-refractivity contribution in [2.45, 2.75) is 31.5 Å². The monoisotopic (exact) mass is 451 g/mol. The first-order chi connectivity index (χ1) is 15.2. The number of amides is 1. The number of benzene rings is 1. The average Bonchev–Trinajstić information content (AvgIpc) is 3.15. The Morgan fingerprint density at radius 2 is 1.97 bits per heavy atom. The van der Waals surface area contributed by atoms with E-state index < -0.39 is 35.0 Å². The molecule has 1 aliphatic heterocycles. The van der Waals surface area contributed by atoms with Gasteiger partial charge in [-0.1, -0.05) is 18.2 Å². The van der Waals surface area contributed by atoms with Crippen LogP contribution in [0.2, 0.25) is 0 Å². The second kappa shape index (κ2) is 8.17. The molecule has 1 fully saturated rings. The van der Waals surface area contributed by atoms with E-state index >= 15 is 0 Å². The summed E-state index contributed by atoms with van der Waals surface area (Å²) in [7, 11) is 1.49. The number of nitrogens with one attached hydrogen (secondary N) is 1. The molecule has 0 radical (unpaired) electrons. The van der Waals surface area contributed by atoms with E-state index in [1.165, 1.54) is 12.0 Å². The third-order valence-corrected chi connectivity index (χ3v) is 5.51. The molecule has 0 unspecified atom stereocenters. The SMILES string of the molecule is COc1ccccc1Cc1nc2c(c(C(F)(F)F)nn2C2CCN(C(=O)O)CC2)c(=O)[nH]1. The zero-order valence-electron chi connectivity index (χ0n) is 17.0. The van der Waals surface area contributed by atoms with Gasteiger partial charge in [0.1, 0.15) is 17.0 Å². The van der Waals surface area contributed by atoms with Crippen molar-refractivity contribution < 1.29 is 27.8 Å². The van der Waals surface area contributed by atoms with E-state index in [-0.39, 0.29) is 43.8 Å². The lowest BCUT2D eigenvalue weighted by molar-refractivity contribution is -0.140. The highest BCUT2D eigenvalue weighted by Crippen LogP contribution is 2.35. The van der Waals surface area contributed by atoms with Gasteiger partial charge in [0.25, 0.3) is 5.56 Å². The molecule has 12 heteroatoms. The molecular weight excluding hydrogens is 431 g/mol. The van der Waals surface area contributed by atoms with E-state index in [9.17, 15) is 22.8 Å². The molecule has 4 rings (SSSR count).